The Labute approximate surface area is 97.9 Å². The van der Waals surface area contributed by atoms with Crippen LogP contribution >= 0.6 is 11.3 Å². The van der Waals surface area contributed by atoms with E-state index in [9.17, 15) is 0 Å². The monoisotopic (exact) mass is 235 g/mol. The summed E-state index contributed by atoms with van der Waals surface area (Å²) in [5, 5.41) is 1.07. The number of ether oxygens (including phenoxy) is 1. The molecule has 16 heavy (non-hydrogen) atoms. The van der Waals surface area contributed by atoms with Crippen molar-refractivity contribution in [2.45, 2.75) is 6.92 Å². The summed E-state index contributed by atoms with van der Waals surface area (Å²) >= 11 is 1.65. The van der Waals surface area contributed by atoms with Gasteiger partial charge in [-0.05, 0) is 19.1 Å². The summed E-state index contributed by atoms with van der Waals surface area (Å²) in [6, 6.07) is 4.10. The van der Waals surface area contributed by atoms with Crippen molar-refractivity contribution in [1.82, 2.24) is 9.97 Å². The average molecular weight is 235 g/mol. The molecule has 1 fully saturated rings. The molecule has 0 spiro atoms. The minimum Gasteiger partial charge on any atom is -0.378 e. The smallest absolute Gasteiger partial charge is 0.145 e. The van der Waals surface area contributed by atoms with Crippen LogP contribution in [-0.4, -0.2) is 36.3 Å². The molecule has 0 atom stereocenters. The van der Waals surface area contributed by atoms with Crippen molar-refractivity contribution in [2.75, 3.05) is 31.2 Å². The molecule has 2 aromatic rings. The lowest BCUT2D eigenvalue weighted by Crippen LogP contribution is -2.36. The van der Waals surface area contributed by atoms with Crippen LogP contribution in [0.3, 0.4) is 0 Å². The topological polar surface area (TPSA) is 38.2 Å². The molecule has 0 bridgehead atoms. The van der Waals surface area contributed by atoms with Crippen LogP contribution in [-0.2, 0) is 4.74 Å². The lowest BCUT2D eigenvalue weighted by molar-refractivity contribution is 0.122. The average Bonchev–Trinajstić information content (AvgIpc) is 2.69. The molecule has 3 rings (SSSR count). The summed E-state index contributed by atoms with van der Waals surface area (Å²) in [4.78, 5) is 12.3. The first-order valence-corrected chi connectivity index (χ1v) is 6.21. The molecular formula is C11H13N3OS. The first kappa shape index (κ1) is 9.99. The van der Waals surface area contributed by atoms with Crippen LogP contribution in [0.4, 0.5) is 5.82 Å². The van der Waals surface area contributed by atoms with Gasteiger partial charge in [-0.15, -0.1) is 0 Å². The number of hydrogen-bond acceptors (Lipinski definition) is 5. The van der Waals surface area contributed by atoms with Crippen molar-refractivity contribution in [1.29, 1.82) is 0 Å². The standard InChI is InChI=1S/C11H13N3OS/c1-8-12-9-2-3-10(13-11(9)16-8)14-4-6-15-7-5-14/h2-3H,4-7H2,1H3. The highest BCUT2D eigenvalue weighted by molar-refractivity contribution is 7.18. The van der Waals surface area contributed by atoms with E-state index in [1.807, 2.05) is 13.0 Å². The molecule has 5 heteroatoms. The van der Waals surface area contributed by atoms with Gasteiger partial charge in [0.25, 0.3) is 0 Å². The molecule has 0 amide bonds. The van der Waals surface area contributed by atoms with Gasteiger partial charge in [-0.25, -0.2) is 9.97 Å². The van der Waals surface area contributed by atoms with E-state index in [1.165, 1.54) is 0 Å². The minimum absolute atomic E-state index is 0.793. The van der Waals surface area contributed by atoms with E-state index in [4.69, 9.17) is 4.74 Å². The summed E-state index contributed by atoms with van der Waals surface area (Å²) in [6.07, 6.45) is 0. The predicted octanol–water partition coefficient (Wildman–Crippen LogP) is 1.84. The number of nitrogens with zero attached hydrogens (tertiary/aromatic N) is 3. The van der Waals surface area contributed by atoms with Crippen LogP contribution in [0.15, 0.2) is 12.1 Å². The van der Waals surface area contributed by atoms with Crippen LogP contribution in [0.1, 0.15) is 5.01 Å². The van der Waals surface area contributed by atoms with Crippen LogP contribution in [0.25, 0.3) is 10.3 Å². The maximum absolute atomic E-state index is 5.33. The van der Waals surface area contributed by atoms with E-state index in [0.29, 0.717) is 0 Å². The summed E-state index contributed by atoms with van der Waals surface area (Å²) in [5.41, 5.74) is 1.000. The quantitative estimate of drug-likeness (QED) is 0.756. The maximum atomic E-state index is 5.33. The highest BCUT2D eigenvalue weighted by atomic mass is 32.1. The molecular weight excluding hydrogens is 222 g/mol. The van der Waals surface area contributed by atoms with Crippen molar-refractivity contribution in [3.63, 3.8) is 0 Å². The fraction of sp³-hybridized carbons (Fsp3) is 0.455. The van der Waals surface area contributed by atoms with Crippen LogP contribution in [0, 0.1) is 6.92 Å². The van der Waals surface area contributed by atoms with E-state index in [1.54, 1.807) is 11.3 Å². The van der Waals surface area contributed by atoms with E-state index < -0.39 is 0 Å². The summed E-state index contributed by atoms with van der Waals surface area (Å²) in [7, 11) is 0. The first-order chi connectivity index (χ1) is 7.83. The Morgan fingerprint density at radius 3 is 2.88 bits per heavy atom. The number of aromatic nitrogens is 2. The molecule has 0 saturated carbocycles. The van der Waals surface area contributed by atoms with Crippen LogP contribution in [0.5, 0.6) is 0 Å². The number of morpholine rings is 1. The fourth-order valence-corrected chi connectivity index (χ4v) is 2.67. The zero-order valence-corrected chi connectivity index (χ0v) is 9.96. The number of aryl methyl sites for hydroxylation is 1. The number of thiazole rings is 1. The maximum Gasteiger partial charge on any atom is 0.145 e. The largest absolute Gasteiger partial charge is 0.378 e. The van der Waals surface area contributed by atoms with Crippen molar-refractivity contribution >= 4 is 27.5 Å². The van der Waals surface area contributed by atoms with Gasteiger partial charge in [0.1, 0.15) is 16.2 Å². The Balaban J connectivity index is 1.97. The van der Waals surface area contributed by atoms with Gasteiger partial charge in [0.2, 0.25) is 0 Å². The predicted molar refractivity (Wildman–Crippen MR) is 65.2 cm³/mol. The number of anilines is 1. The molecule has 3 heterocycles. The Morgan fingerprint density at radius 1 is 1.25 bits per heavy atom. The van der Waals surface area contributed by atoms with Gasteiger partial charge in [0.05, 0.1) is 18.2 Å². The van der Waals surface area contributed by atoms with Crippen LogP contribution < -0.4 is 4.90 Å². The zero-order chi connectivity index (χ0) is 11.0. The molecule has 1 aliphatic rings. The second-order valence-corrected chi connectivity index (χ2v) is 5.01. The molecule has 84 valence electrons. The Bertz CT molecular complexity index is 505. The van der Waals surface area contributed by atoms with Crippen molar-refractivity contribution in [3.8, 4) is 0 Å². The van der Waals surface area contributed by atoms with Crippen molar-refractivity contribution < 1.29 is 4.74 Å². The SMILES string of the molecule is Cc1nc2ccc(N3CCOCC3)nc2s1. The summed E-state index contributed by atoms with van der Waals surface area (Å²) in [6.45, 7) is 5.45. The summed E-state index contributed by atoms with van der Waals surface area (Å²) in [5.74, 6) is 1.04. The zero-order valence-electron chi connectivity index (χ0n) is 9.14. The second-order valence-electron chi connectivity index (χ2n) is 3.83. The van der Waals surface area contributed by atoms with Crippen molar-refractivity contribution in [3.05, 3.63) is 17.1 Å². The third-order valence-electron chi connectivity index (χ3n) is 2.68. The molecule has 2 aromatic heterocycles. The Kier molecular flexibility index (Phi) is 2.49. The molecule has 0 radical (unpaired) electrons. The lowest BCUT2D eigenvalue weighted by atomic mass is 10.3. The van der Waals surface area contributed by atoms with E-state index in [-0.39, 0.29) is 0 Å². The van der Waals surface area contributed by atoms with E-state index in [0.717, 1.165) is 47.5 Å². The molecule has 0 aliphatic carbocycles. The van der Waals surface area contributed by atoms with E-state index in [2.05, 4.69) is 20.9 Å². The molecule has 1 aliphatic heterocycles. The van der Waals surface area contributed by atoms with Gasteiger partial charge in [-0.2, -0.15) is 0 Å². The van der Waals surface area contributed by atoms with Crippen molar-refractivity contribution in [2.24, 2.45) is 0 Å². The molecule has 0 N–H and O–H groups in total. The van der Waals surface area contributed by atoms with Gasteiger partial charge in [0.15, 0.2) is 0 Å². The Hall–Kier alpha value is -1.20. The molecule has 1 saturated heterocycles. The number of fused-ring (bicyclic) bond motifs is 1. The summed E-state index contributed by atoms with van der Waals surface area (Å²) < 4.78 is 5.33. The van der Waals surface area contributed by atoms with Gasteiger partial charge in [-0.3, -0.25) is 0 Å². The third-order valence-corrected chi connectivity index (χ3v) is 3.56. The van der Waals surface area contributed by atoms with E-state index >= 15 is 0 Å². The first-order valence-electron chi connectivity index (χ1n) is 5.40. The second kappa shape index (κ2) is 3.99. The fourth-order valence-electron chi connectivity index (χ4n) is 1.88. The number of hydrogen-bond donors (Lipinski definition) is 0. The van der Waals surface area contributed by atoms with Gasteiger partial charge < -0.3 is 9.64 Å². The Morgan fingerprint density at radius 2 is 2.06 bits per heavy atom. The molecule has 0 aromatic carbocycles. The lowest BCUT2D eigenvalue weighted by Gasteiger charge is -2.27. The number of rotatable bonds is 1. The van der Waals surface area contributed by atoms with Gasteiger partial charge >= 0.3 is 0 Å². The molecule has 4 nitrogen and oxygen atoms in total. The molecule has 0 unspecified atom stereocenters. The van der Waals surface area contributed by atoms with Gasteiger partial charge in [-0.1, -0.05) is 11.3 Å². The van der Waals surface area contributed by atoms with Crippen LogP contribution in [0.2, 0.25) is 0 Å². The highest BCUT2D eigenvalue weighted by Gasteiger charge is 2.13. The third kappa shape index (κ3) is 1.76. The highest BCUT2D eigenvalue weighted by Crippen LogP contribution is 2.23. The minimum atomic E-state index is 0.793. The normalized spacial score (nSPS) is 16.9. The number of pyridine rings is 1. The van der Waals surface area contributed by atoms with Gasteiger partial charge in [0, 0.05) is 13.1 Å².